The Morgan fingerprint density at radius 1 is 1.28 bits per heavy atom. The van der Waals surface area contributed by atoms with Crippen LogP contribution in [0.2, 0.25) is 0 Å². The highest BCUT2D eigenvalue weighted by atomic mass is 16.2. The Morgan fingerprint density at radius 2 is 2.00 bits per heavy atom. The summed E-state index contributed by atoms with van der Waals surface area (Å²) in [6.45, 7) is 6.31. The maximum atomic E-state index is 12.6. The summed E-state index contributed by atoms with van der Waals surface area (Å²) < 4.78 is 0. The Hall–Kier alpha value is -1.95. The molecule has 0 radical (unpaired) electrons. The molecule has 3 heterocycles. The van der Waals surface area contributed by atoms with E-state index in [2.05, 4.69) is 4.98 Å². The number of pyridine rings is 1. The molecule has 1 spiro atoms. The normalized spacial score (nSPS) is 24.7. The van der Waals surface area contributed by atoms with Crippen LogP contribution < -0.4 is 5.73 Å². The van der Waals surface area contributed by atoms with Crippen molar-refractivity contribution in [2.45, 2.75) is 51.6 Å². The van der Waals surface area contributed by atoms with E-state index in [1.807, 2.05) is 21.9 Å². The van der Waals surface area contributed by atoms with Gasteiger partial charge in [-0.05, 0) is 50.8 Å². The third kappa shape index (κ3) is 4.00. The van der Waals surface area contributed by atoms with Crippen LogP contribution in [0.1, 0.15) is 45.1 Å². The highest BCUT2D eigenvalue weighted by Crippen LogP contribution is 2.39. The van der Waals surface area contributed by atoms with E-state index in [0.717, 1.165) is 31.4 Å². The number of amides is 2. The van der Waals surface area contributed by atoms with Crippen molar-refractivity contribution >= 4 is 11.8 Å². The molecule has 0 aliphatic carbocycles. The Labute approximate surface area is 149 Å². The molecule has 25 heavy (non-hydrogen) atoms. The molecule has 1 aromatic rings. The third-order valence-electron chi connectivity index (χ3n) is 5.37. The van der Waals surface area contributed by atoms with E-state index in [-0.39, 0.29) is 17.2 Å². The van der Waals surface area contributed by atoms with Gasteiger partial charge in [0.15, 0.2) is 0 Å². The molecule has 6 heteroatoms. The molecule has 2 saturated heterocycles. The lowest BCUT2D eigenvalue weighted by atomic mass is 9.73. The standard InChI is InChI=1S/C19H28N4O2/c1-18(2,20)17(25)22-11-3-7-19(13-22)8-4-16(24)23(14-19)12-15-5-9-21-10-6-15/h5-6,9-10H,3-4,7-8,11-14,20H2,1-2H3. The molecule has 1 unspecified atom stereocenters. The number of nitrogens with two attached hydrogens (primary N) is 1. The lowest BCUT2D eigenvalue weighted by Crippen LogP contribution is -2.59. The molecule has 2 N–H and O–H groups in total. The molecule has 2 fully saturated rings. The second-order valence-electron chi connectivity index (χ2n) is 8.16. The molecule has 0 saturated carbocycles. The van der Waals surface area contributed by atoms with Crippen molar-refractivity contribution in [1.82, 2.24) is 14.8 Å². The largest absolute Gasteiger partial charge is 0.340 e. The summed E-state index contributed by atoms with van der Waals surface area (Å²) in [7, 11) is 0. The molecule has 0 bridgehead atoms. The van der Waals surface area contributed by atoms with Gasteiger partial charge in [0.05, 0.1) is 5.54 Å². The van der Waals surface area contributed by atoms with E-state index in [9.17, 15) is 9.59 Å². The Balaban J connectivity index is 1.72. The van der Waals surface area contributed by atoms with Crippen LogP contribution in [0.4, 0.5) is 0 Å². The van der Waals surface area contributed by atoms with Gasteiger partial charge in [-0.15, -0.1) is 0 Å². The number of rotatable bonds is 3. The maximum absolute atomic E-state index is 12.6. The first kappa shape index (κ1) is 17.9. The van der Waals surface area contributed by atoms with Crippen LogP contribution in [0.25, 0.3) is 0 Å². The number of nitrogens with zero attached hydrogens (tertiary/aromatic N) is 3. The van der Waals surface area contributed by atoms with Crippen LogP contribution in [0.15, 0.2) is 24.5 Å². The SMILES string of the molecule is CC(C)(N)C(=O)N1CCCC2(CCC(=O)N(Cc3ccncc3)C2)C1. The molecule has 3 rings (SSSR count). The number of likely N-dealkylation sites (tertiary alicyclic amines) is 2. The molecule has 2 aliphatic heterocycles. The van der Waals surface area contributed by atoms with Gasteiger partial charge in [0.2, 0.25) is 11.8 Å². The molecule has 1 atom stereocenters. The monoisotopic (exact) mass is 344 g/mol. The minimum Gasteiger partial charge on any atom is -0.340 e. The minimum atomic E-state index is -0.847. The van der Waals surface area contributed by atoms with Gasteiger partial charge in [0.25, 0.3) is 0 Å². The number of piperidine rings is 2. The zero-order valence-electron chi connectivity index (χ0n) is 15.2. The van der Waals surface area contributed by atoms with Crippen molar-refractivity contribution in [2.24, 2.45) is 11.1 Å². The van der Waals surface area contributed by atoms with Crippen molar-refractivity contribution in [1.29, 1.82) is 0 Å². The fourth-order valence-corrected chi connectivity index (χ4v) is 4.08. The summed E-state index contributed by atoms with van der Waals surface area (Å²) in [5, 5.41) is 0. The van der Waals surface area contributed by atoms with Crippen LogP contribution in [0.5, 0.6) is 0 Å². The van der Waals surface area contributed by atoms with Crippen molar-refractivity contribution in [3.63, 3.8) is 0 Å². The topological polar surface area (TPSA) is 79.5 Å². The first-order valence-electron chi connectivity index (χ1n) is 9.04. The number of hydrogen-bond acceptors (Lipinski definition) is 4. The van der Waals surface area contributed by atoms with E-state index >= 15 is 0 Å². The third-order valence-corrected chi connectivity index (χ3v) is 5.37. The van der Waals surface area contributed by atoms with E-state index in [1.54, 1.807) is 26.2 Å². The van der Waals surface area contributed by atoms with E-state index in [4.69, 9.17) is 5.73 Å². The van der Waals surface area contributed by atoms with Crippen LogP contribution in [-0.4, -0.2) is 51.8 Å². The summed E-state index contributed by atoms with van der Waals surface area (Å²) in [6, 6.07) is 3.89. The maximum Gasteiger partial charge on any atom is 0.242 e. The molecule has 2 aliphatic rings. The van der Waals surface area contributed by atoms with Gasteiger partial charge in [-0.1, -0.05) is 0 Å². The molecule has 0 aromatic carbocycles. The Kier molecular flexibility index (Phi) is 4.82. The van der Waals surface area contributed by atoms with E-state index < -0.39 is 5.54 Å². The van der Waals surface area contributed by atoms with Crippen LogP contribution >= 0.6 is 0 Å². The zero-order valence-corrected chi connectivity index (χ0v) is 15.2. The highest BCUT2D eigenvalue weighted by Gasteiger charge is 2.44. The molecular weight excluding hydrogens is 316 g/mol. The predicted octanol–water partition coefficient (Wildman–Crippen LogP) is 1.55. The Bertz CT molecular complexity index is 641. The van der Waals surface area contributed by atoms with E-state index in [1.165, 1.54) is 0 Å². The summed E-state index contributed by atoms with van der Waals surface area (Å²) >= 11 is 0. The quantitative estimate of drug-likeness (QED) is 0.902. The van der Waals surface area contributed by atoms with E-state index in [0.29, 0.717) is 26.1 Å². The van der Waals surface area contributed by atoms with Gasteiger partial charge in [-0.25, -0.2) is 0 Å². The molecular formula is C19H28N4O2. The second kappa shape index (κ2) is 6.75. The van der Waals surface area contributed by atoms with Crippen LogP contribution in [-0.2, 0) is 16.1 Å². The van der Waals surface area contributed by atoms with Crippen LogP contribution in [0, 0.1) is 5.41 Å². The van der Waals surface area contributed by atoms with Crippen molar-refractivity contribution < 1.29 is 9.59 Å². The van der Waals surface area contributed by atoms with Gasteiger partial charge in [-0.2, -0.15) is 0 Å². The lowest BCUT2D eigenvalue weighted by molar-refractivity contribution is -0.145. The zero-order chi connectivity index (χ0) is 18.1. The summed E-state index contributed by atoms with van der Waals surface area (Å²) in [4.78, 5) is 32.9. The highest BCUT2D eigenvalue weighted by molar-refractivity contribution is 5.85. The van der Waals surface area contributed by atoms with Gasteiger partial charge < -0.3 is 15.5 Å². The molecule has 136 valence electrons. The Morgan fingerprint density at radius 3 is 2.68 bits per heavy atom. The summed E-state index contributed by atoms with van der Waals surface area (Å²) in [5.41, 5.74) is 6.26. The van der Waals surface area contributed by atoms with Crippen molar-refractivity contribution in [3.8, 4) is 0 Å². The summed E-state index contributed by atoms with van der Waals surface area (Å²) in [6.07, 6.45) is 6.95. The van der Waals surface area contributed by atoms with Crippen molar-refractivity contribution in [2.75, 3.05) is 19.6 Å². The van der Waals surface area contributed by atoms with Gasteiger partial charge in [-0.3, -0.25) is 14.6 Å². The molecule has 2 amide bonds. The minimum absolute atomic E-state index is 0.0000996. The molecule has 6 nitrogen and oxygen atoms in total. The summed E-state index contributed by atoms with van der Waals surface area (Å²) in [5.74, 6) is 0.203. The number of carbonyl (C=O) groups excluding carboxylic acids is 2. The van der Waals surface area contributed by atoms with Crippen LogP contribution in [0.3, 0.4) is 0 Å². The number of hydrogen-bond donors (Lipinski definition) is 1. The first-order chi connectivity index (χ1) is 11.8. The van der Waals surface area contributed by atoms with Gasteiger partial charge in [0, 0.05) is 50.4 Å². The molecule has 1 aromatic heterocycles. The lowest BCUT2D eigenvalue weighted by Gasteiger charge is -2.49. The second-order valence-corrected chi connectivity index (χ2v) is 8.16. The smallest absolute Gasteiger partial charge is 0.242 e. The predicted molar refractivity (Wildman–Crippen MR) is 95.4 cm³/mol. The number of carbonyl (C=O) groups is 2. The van der Waals surface area contributed by atoms with Gasteiger partial charge in [0.1, 0.15) is 0 Å². The van der Waals surface area contributed by atoms with Gasteiger partial charge >= 0.3 is 0 Å². The fourth-order valence-electron chi connectivity index (χ4n) is 4.08. The number of aromatic nitrogens is 1. The average Bonchev–Trinajstić information content (AvgIpc) is 2.58. The average molecular weight is 344 g/mol. The fraction of sp³-hybridized carbons (Fsp3) is 0.632. The first-order valence-corrected chi connectivity index (χ1v) is 9.04. The van der Waals surface area contributed by atoms with Crippen molar-refractivity contribution in [3.05, 3.63) is 30.1 Å².